The van der Waals surface area contributed by atoms with Crippen LogP contribution in [0.2, 0.25) is 0 Å². The van der Waals surface area contributed by atoms with E-state index in [2.05, 4.69) is 21.2 Å². The molecule has 22 heavy (non-hydrogen) atoms. The first-order valence-electron chi connectivity index (χ1n) is 8.69. The Bertz CT molecular complexity index is 549. The van der Waals surface area contributed by atoms with Crippen molar-refractivity contribution < 1.29 is 4.79 Å². The number of carbonyl (C=O) groups is 1. The van der Waals surface area contributed by atoms with E-state index in [1.54, 1.807) is 0 Å². The second kappa shape index (κ2) is 5.92. The molecular weight excluding hydrogens is 274 g/mol. The number of likely N-dealkylation sites (tertiary alicyclic amines) is 1. The van der Waals surface area contributed by atoms with E-state index >= 15 is 0 Å². The van der Waals surface area contributed by atoms with Crippen LogP contribution in [0.3, 0.4) is 0 Å². The normalized spacial score (nSPS) is 25.6. The van der Waals surface area contributed by atoms with Gasteiger partial charge in [-0.25, -0.2) is 0 Å². The molecule has 1 N–H and O–H groups in total. The monoisotopic (exact) mass is 299 g/mol. The number of nitrogens with one attached hydrogen (secondary N) is 1. The molecule has 0 spiro atoms. The van der Waals surface area contributed by atoms with Crippen LogP contribution in [0.15, 0.2) is 24.3 Å². The summed E-state index contributed by atoms with van der Waals surface area (Å²) in [4.78, 5) is 17.4. The van der Waals surface area contributed by atoms with Crippen molar-refractivity contribution in [2.75, 3.05) is 31.1 Å². The molecule has 1 saturated carbocycles. The summed E-state index contributed by atoms with van der Waals surface area (Å²) in [5.41, 5.74) is 1.99. The summed E-state index contributed by atoms with van der Waals surface area (Å²) in [5.74, 6) is 0.0868. The van der Waals surface area contributed by atoms with Crippen molar-refractivity contribution in [1.29, 1.82) is 0 Å². The number of benzene rings is 1. The quantitative estimate of drug-likeness (QED) is 0.926. The minimum absolute atomic E-state index is 0.0868. The third-order valence-electron chi connectivity index (χ3n) is 5.20. The number of nitrogens with zero attached hydrogens (tertiary/aromatic N) is 2. The summed E-state index contributed by atoms with van der Waals surface area (Å²) >= 11 is 0. The van der Waals surface area contributed by atoms with E-state index in [4.69, 9.17) is 0 Å². The smallest absolute Gasteiger partial charge is 0.251 e. The lowest BCUT2D eigenvalue weighted by molar-refractivity contribution is 0.0937. The lowest BCUT2D eigenvalue weighted by atomic mass is 10.1. The summed E-state index contributed by atoms with van der Waals surface area (Å²) in [7, 11) is 0. The first kappa shape index (κ1) is 14.1. The highest BCUT2D eigenvalue weighted by molar-refractivity contribution is 5.95. The van der Waals surface area contributed by atoms with Gasteiger partial charge in [0.25, 0.3) is 5.91 Å². The van der Waals surface area contributed by atoms with Crippen LogP contribution in [0.1, 0.15) is 42.5 Å². The molecule has 0 radical (unpaired) electrons. The molecule has 1 amide bonds. The van der Waals surface area contributed by atoms with E-state index in [-0.39, 0.29) is 5.91 Å². The minimum atomic E-state index is 0.0868. The summed E-state index contributed by atoms with van der Waals surface area (Å²) in [6.07, 6.45) is 6.30. The first-order valence-corrected chi connectivity index (χ1v) is 8.69. The van der Waals surface area contributed by atoms with Crippen molar-refractivity contribution in [3.05, 3.63) is 29.8 Å². The molecule has 3 fully saturated rings. The second-order valence-corrected chi connectivity index (χ2v) is 6.93. The molecule has 4 rings (SSSR count). The lowest BCUT2D eigenvalue weighted by Crippen LogP contribution is -2.37. The van der Waals surface area contributed by atoms with E-state index in [0.29, 0.717) is 6.04 Å². The van der Waals surface area contributed by atoms with Crippen LogP contribution in [0.5, 0.6) is 0 Å². The maximum atomic E-state index is 12.5. The molecular formula is C18H25N3O. The second-order valence-electron chi connectivity index (χ2n) is 6.93. The summed E-state index contributed by atoms with van der Waals surface area (Å²) in [6.45, 7) is 4.40. The van der Waals surface area contributed by atoms with Gasteiger partial charge < -0.3 is 10.2 Å². The van der Waals surface area contributed by atoms with Crippen LogP contribution in [0.25, 0.3) is 0 Å². The van der Waals surface area contributed by atoms with Gasteiger partial charge in [0.15, 0.2) is 0 Å². The zero-order valence-electron chi connectivity index (χ0n) is 13.1. The van der Waals surface area contributed by atoms with Crippen molar-refractivity contribution in [3.8, 4) is 0 Å². The highest BCUT2D eigenvalue weighted by Crippen LogP contribution is 2.30. The number of hydrogen-bond donors (Lipinski definition) is 1. The van der Waals surface area contributed by atoms with E-state index in [1.807, 2.05) is 18.2 Å². The zero-order chi connectivity index (χ0) is 14.9. The van der Waals surface area contributed by atoms with Crippen LogP contribution < -0.4 is 10.2 Å². The molecule has 118 valence electrons. The average molecular weight is 299 g/mol. The molecule has 1 aromatic rings. The molecule has 1 aliphatic carbocycles. The SMILES string of the molecule is O=C(NC1CCN(C2CC2)C1)c1cccc(N2CCCC2)c1. The molecule has 2 heterocycles. The fourth-order valence-electron chi connectivity index (χ4n) is 3.76. The minimum Gasteiger partial charge on any atom is -0.372 e. The topological polar surface area (TPSA) is 35.6 Å². The number of amides is 1. The number of rotatable bonds is 4. The summed E-state index contributed by atoms with van der Waals surface area (Å²) in [5, 5.41) is 3.23. The van der Waals surface area contributed by atoms with Crippen molar-refractivity contribution in [2.24, 2.45) is 0 Å². The Balaban J connectivity index is 1.38. The third-order valence-corrected chi connectivity index (χ3v) is 5.20. The third kappa shape index (κ3) is 2.98. The van der Waals surface area contributed by atoms with Gasteiger partial charge in [0.1, 0.15) is 0 Å². The highest BCUT2D eigenvalue weighted by Gasteiger charge is 2.34. The maximum Gasteiger partial charge on any atom is 0.251 e. The van der Waals surface area contributed by atoms with Crippen molar-refractivity contribution in [3.63, 3.8) is 0 Å². The van der Waals surface area contributed by atoms with Crippen LogP contribution in [0.4, 0.5) is 5.69 Å². The Hall–Kier alpha value is -1.55. The predicted molar refractivity (Wildman–Crippen MR) is 88.4 cm³/mol. The molecule has 1 aromatic carbocycles. The Labute approximate surface area is 132 Å². The van der Waals surface area contributed by atoms with Gasteiger partial charge in [-0.05, 0) is 50.3 Å². The van der Waals surface area contributed by atoms with Crippen LogP contribution in [0, 0.1) is 0 Å². The molecule has 0 bridgehead atoms. The summed E-state index contributed by atoms with van der Waals surface area (Å²) < 4.78 is 0. The molecule has 4 heteroatoms. The van der Waals surface area contributed by atoms with Crippen LogP contribution in [-0.4, -0.2) is 49.1 Å². The summed E-state index contributed by atoms with van der Waals surface area (Å²) in [6, 6.07) is 9.24. The lowest BCUT2D eigenvalue weighted by Gasteiger charge is -2.19. The van der Waals surface area contributed by atoms with Gasteiger partial charge in [-0.3, -0.25) is 9.69 Å². The standard InChI is InChI=1S/C18H25N3O/c22-18(19-15-8-11-21(13-15)16-6-7-16)14-4-3-5-17(12-14)20-9-1-2-10-20/h3-5,12,15-16H,1-2,6-11,13H2,(H,19,22). The zero-order valence-corrected chi connectivity index (χ0v) is 13.1. The van der Waals surface area contributed by atoms with Crippen LogP contribution >= 0.6 is 0 Å². The highest BCUT2D eigenvalue weighted by atomic mass is 16.1. The Morgan fingerprint density at radius 2 is 1.91 bits per heavy atom. The van der Waals surface area contributed by atoms with Gasteiger partial charge in [0, 0.05) is 49.5 Å². The van der Waals surface area contributed by atoms with Crippen LogP contribution in [-0.2, 0) is 0 Å². The Morgan fingerprint density at radius 1 is 1.09 bits per heavy atom. The number of carbonyl (C=O) groups excluding carboxylic acids is 1. The molecule has 0 aromatic heterocycles. The first-order chi connectivity index (χ1) is 10.8. The van der Waals surface area contributed by atoms with E-state index in [0.717, 1.165) is 44.2 Å². The van der Waals surface area contributed by atoms with Crippen molar-refractivity contribution in [2.45, 2.75) is 44.2 Å². The number of anilines is 1. The van der Waals surface area contributed by atoms with E-state index in [1.165, 1.54) is 31.4 Å². The van der Waals surface area contributed by atoms with E-state index < -0.39 is 0 Å². The van der Waals surface area contributed by atoms with Gasteiger partial charge in [0.05, 0.1) is 0 Å². The predicted octanol–water partition coefficient (Wildman–Crippen LogP) is 2.25. The fraction of sp³-hybridized carbons (Fsp3) is 0.611. The molecule has 2 saturated heterocycles. The molecule has 2 aliphatic heterocycles. The number of hydrogen-bond acceptors (Lipinski definition) is 3. The fourth-order valence-corrected chi connectivity index (χ4v) is 3.76. The van der Waals surface area contributed by atoms with Gasteiger partial charge in [-0.15, -0.1) is 0 Å². The van der Waals surface area contributed by atoms with Gasteiger partial charge in [-0.2, -0.15) is 0 Å². The van der Waals surface area contributed by atoms with Gasteiger partial charge in [0.2, 0.25) is 0 Å². The van der Waals surface area contributed by atoms with Crippen molar-refractivity contribution in [1.82, 2.24) is 10.2 Å². The van der Waals surface area contributed by atoms with Gasteiger partial charge >= 0.3 is 0 Å². The maximum absolute atomic E-state index is 12.5. The molecule has 1 atom stereocenters. The Kier molecular flexibility index (Phi) is 3.78. The van der Waals surface area contributed by atoms with E-state index in [9.17, 15) is 4.79 Å². The molecule has 4 nitrogen and oxygen atoms in total. The molecule has 3 aliphatic rings. The largest absolute Gasteiger partial charge is 0.372 e. The molecule has 1 unspecified atom stereocenters. The van der Waals surface area contributed by atoms with Gasteiger partial charge in [-0.1, -0.05) is 6.07 Å². The Morgan fingerprint density at radius 3 is 2.68 bits per heavy atom. The van der Waals surface area contributed by atoms with Crippen molar-refractivity contribution >= 4 is 11.6 Å². The average Bonchev–Trinajstić information content (AvgIpc) is 3.06.